The van der Waals surface area contributed by atoms with Crippen LogP contribution in [0.5, 0.6) is 0 Å². The molecule has 7 aromatic rings. The van der Waals surface area contributed by atoms with Gasteiger partial charge in [-0.1, -0.05) is 121 Å². The number of fused-ring (bicyclic) bond motifs is 8. The zero-order chi connectivity index (χ0) is 35.1. The topological polar surface area (TPSA) is 66.1 Å². The smallest absolute Gasteiger partial charge is 0.222 e. The molecule has 10 rings (SSSR count). The van der Waals surface area contributed by atoms with Crippen molar-refractivity contribution in [2.45, 2.75) is 12.8 Å². The number of aromatic nitrogens is 3. The van der Waals surface area contributed by atoms with Crippen LogP contribution in [0.2, 0.25) is 0 Å². The molecule has 1 aliphatic carbocycles. The lowest BCUT2D eigenvalue weighted by Crippen LogP contribution is -2.08. The number of aliphatic imine (C=N–C) groups is 1. The Hall–Kier alpha value is -6.72. The van der Waals surface area contributed by atoms with Gasteiger partial charge in [0, 0.05) is 49.9 Å². The van der Waals surface area contributed by atoms with Crippen LogP contribution in [0.15, 0.2) is 157 Å². The predicted molar refractivity (Wildman–Crippen MR) is 219 cm³/mol. The monoisotopic (exact) mass is 684 g/mol. The minimum absolute atomic E-state index is 0.571. The third kappa shape index (κ3) is 5.86. The van der Waals surface area contributed by atoms with Crippen LogP contribution in [0.4, 0.5) is 5.69 Å². The number of ether oxygens (including phenoxy) is 1. The molecule has 0 radical (unpaired) electrons. The van der Waals surface area contributed by atoms with E-state index < -0.39 is 0 Å². The van der Waals surface area contributed by atoms with Crippen LogP contribution in [0, 0.1) is 5.92 Å². The van der Waals surface area contributed by atoms with Crippen molar-refractivity contribution in [1.82, 2.24) is 15.0 Å². The Morgan fingerprint density at radius 2 is 0.906 bits per heavy atom. The van der Waals surface area contributed by atoms with Crippen LogP contribution in [-0.2, 0) is 4.74 Å². The molecule has 254 valence electrons. The van der Waals surface area contributed by atoms with E-state index >= 15 is 0 Å². The predicted octanol–water partition coefficient (Wildman–Crippen LogP) is 12.3. The Balaban J connectivity index is 1.39. The quantitative estimate of drug-likeness (QED) is 0.183. The molecule has 3 aromatic heterocycles. The second-order valence-electron chi connectivity index (χ2n) is 13.9. The zero-order valence-electron chi connectivity index (χ0n) is 29.1. The molecule has 1 fully saturated rings. The van der Waals surface area contributed by atoms with Gasteiger partial charge in [0.05, 0.1) is 23.7 Å². The Kier molecular flexibility index (Phi) is 7.68. The molecule has 2 N–H and O–H groups in total. The molecule has 8 bridgehead atoms. The summed E-state index contributed by atoms with van der Waals surface area (Å²) in [5.74, 6) is 1.22. The van der Waals surface area contributed by atoms with Gasteiger partial charge in [-0.25, -0.2) is 9.98 Å². The van der Waals surface area contributed by atoms with Crippen LogP contribution >= 0.6 is 0 Å². The van der Waals surface area contributed by atoms with Gasteiger partial charge in [-0.2, -0.15) is 0 Å². The van der Waals surface area contributed by atoms with Crippen molar-refractivity contribution in [2.24, 2.45) is 10.9 Å². The number of nitrogens with one attached hydrogen (secondary N) is 2. The highest BCUT2D eigenvalue weighted by Crippen LogP contribution is 2.42. The van der Waals surface area contributed by atoms with E-state index in [1.165, 1.54) is 12.8 Å². The van der Waals surface area contributed by atoms with Crippen molar-refractivity contribution >= 4 is 45.8 Å². The first-order valence-electron chi connectivity index (χ1n) is 18.3. The summed E-state index contributed by atoms with van der Waals surface area (Å²) < 4.78 is 6.67. The van der Waals surface area contributed by atoms with Gasteiger partial charge in [0.2, 0.25) is 5.90 Å². The lowest BCUT2D eigenvalue weighted by molar-refractivity contribution is 0.289. The van der Waals surface area contributed by atoms with Crippen molar-refractivity contribution in [3.05, 3.63) is 169 Å². The average molecular weight is 685 g/mol. The molecule has 5 heteroatoms. The van der Waals surface area contributed by atoms with Crippen LogP contribution < -0.4 is 0 Å². The Morgan fingerprint density at radius 1 is 0.491 bits per heavy atom. The fraction of sp³-hybridized carbons (Fsp3) is 0.0833. The normalized spacial score (nSPS) is 13.5. The van der Waals surface area contributed by atoms with E-state index in [1.807, 2.05) is 0 Å². The standard InChI is InChI=1S/C48H36N4O/c1-5-13-32(14-6-1)44-36-29-43(52-48(36)53-30-31-21-22-31)47(35-19-11-4-12-20-35)42-28-27-41(51-42)46(34-17-9-3-10-18-34)40-26-25-39(50-40)45(33-15-7-2-8-16-33)38-24-23-37(44)49-38/h1-20,23-29,31,49,51H,21-22,30H2. The largest absolute Gasteiger partial charge is 0.477 e. The highest BCUT2D eigenvalue weighted by molar-refractivity contribution is 6.10. The fourth-order valence-electron chi connectivity index (χ4n) is 7.51. The maximum atomic E-state index is 6.67. The summed E-state index contributed by atoms with van der Waals surface area (Å²) in [6, 6.07) is 53.1. The van der Waals surface area contributed by atoms with Crippen LogP contribution in [0.25, 0.3) is 78.7 Å². The summed E-state index contributed by atoms with van der Waals surface area (Å²) in [7, 11) is 0. The van der Waals surface area contributed by atoms with Gasteiger partial charge in [0.25, 0.3) is 0 Å². The third-order valence-corrected chi connectivity index (χ3v) is 10.3. The van der Waals surface area contributed by atoms with Crippen molar-refractivity contribution in [3.8, 4) is 44.5 Å². The fourth-order valence-corrected chi connectivity index (χ4v) is 7.51. The van der Waals surface area contributed by atoms with Gasteiger partial charge < -0.3 is 14.7 Å². The van der Waals surface area contributed by atoms with Crippen LogP contribution in [-0.4, -0.2) is 27.5 Å². The molecule has 5 heterocycles. The lowest BCUT2D eigenvalue weighted by atomic mass is 10.00. The van der Waals surface area contributed by atoms with Gasteiger partial charge in [-0.3, -0.25) is 0 Å². The summed E-state index contributed by atoms with van der Waals surface area (Å²) in [5.41, 5.74) is 16.0. The summed E-state index contributed by atoms with van der Waals surface area (Å²) in [5, 5.41) is 0. The second-order valence-corrected chi connectivity index (χ2v) is 13.9. The van der Waals surface area contributed by atoms with E-state index in [9.17, 15) is 0 Å². The highest BCUT2D eigenvalue weighted by atomic mass is 16.5. The number of nitrogens with zero attached hydrogens (tertiary/aromatic N) is 2. The van der Waals surface area contributed by atoms with Crippen molar-refractivity contribution in [2.75, 3.05) is 6.61 Å². The number of hydrogen-bond acceptors (Lipinski definition) is 3. The van der Waals surface area contributed by atoms with E-state index in [4.69, 9.17) is 14.7 Å². The Morgan fingerprint density at radius 3 is 1.38 bits per heavy atom. The average Bonchev–Trinajstić information content (AvgIpc) is 3.59. The van der Waals surface area contributed by atoms with E-state index in [2.05, 4.69) is 174 Å². The molecular weight excluding hydrogens is 649 g/mol. The van der Waals surface area contributed by atoms with Gasteiger partial charge in [-0.15, -0.1) is 0 Å². The van der Waals surface area contributed by atoms with Crippen molar-refractivity contribution < 1.29 is 4.74 Å². The van der Waals surface area contributed by atoms with Crippen molar-refractivity contribution in [3.63, 3.8) is 0 Å². The number of benzene rings is 4. The maximum Gasteiger partial charge on any atom is 0.222 e. The molecule has 2 aliphatic heterocycles. The van der Waals surface area contributed by atoms with Gasteiger partial charge >= 0.3 is 0 Å². The minimum Gasteiger partial charge on any atom is -0.477 e. The number of H-pyrrole nitrogens is 2. The molecule has 5 nitrogen and oxygen atoms in total. The third-order valence-electron chi connectivity index (χ3n) is 10.3. The van der Waals surface area contributed by atoms with Crippen molar-refractivity contribution in [1.29, 1.82) is 0 Å². The molecule has 3 aliphatic rings. The molecular formula is C48H36N4O. The van der Waals surface area contributed by atoms with Crippen LogP contribution in [0.1, 0.15) is 29.8 Å². The Bertz CT molecular complexity index is 2700. The summed E-state index contributed by atoms with van der Waals surface area (Å²) >= 11 is 0. The first-order valence-corrected chi connectivity index (χ1v) is 18.3. The maximum absolute atomic E-state index is 6.67. The molecule has 53 heavy (non-hydrogen) atoms. The number of aromatic amines is 2. The Labute approximate surface area is 308 Å². The molecule has 0 atom stereocenters. The van der Waals surface area contributed by atoms with Gasteiger partial charge in [0.15, 0.2) is 0 Å². The van der Waals surface area contributed by atoms with Gasteiger partial charge in [-0.05, 0) is 83.5 Å². The van der Waals surface area contributed by atoms with E-state index in [1.54, 1.807) is 0 Å². The summed E-state index contributed by atoms with van der Waals surface area (Å²) in [6.45, 7) is 0.654. The van der Waals surface area contributed by atoms with E-state index in [-0.39, 0.29) is 0 Å². The lowest BCUT2D eigenvalue weighted by Gasteiger charge is -2.10. The molecule has 0 amide bonds. The molecule has 0 spiro atoms. The molecule has 0 unspecified atom stereocenters. The molecule has 1 saturated carbocycles. The minimum atomic E-state index is 0.571. The number of rotatable bonds is 6. The molecule has 4 aromatic carbocycles. The van der Waals surface area contributed by atoms with E-state index in [0.29, 0.717) is 18.4 Å². The number of hydrogen-bond donors (Lipinski definition) is 2. The summed E-state index contributed by atoms with van der Waals surface area (Å²) in [4.78, 5) is 18.4. The van der Waals surface area contributed by atoms with Crippen LogP contribution in [0.3, 0.4) is 0 Å². The first kappa shape index (κ1) is 31.1. The highest BCUT2D eigenvalue weighted by Gasteiger charge is 2.27. The first-order chi connectivity index (χ1) is 26.3. The molecule has 0 saturated heterocycles. The zero-order valence-corrected chi connectivity index (χ0v) is 29.1. The van der Waals surface area contributed by atoms with Gasteiger partial charge in [0.1, 0.15) is 0 Å². The van der Waals surface area contributed by atoms with E-state index in [0.717, 1.165) is 89.2 Å². The second kappa shape index (κ2) is 13.1. The summed E-state index contributed by atoms with van der Waals surface area (Å²) in [6.07, 6.45) is 6.67. The SMILES string of the molecule is C1=Cc2nc1c(-c1ccccc1)c1ccc([nH]1)c(-c1ccccc1)c1cc(c(-c3ccccc3)c3ccc([nH]3)c2-c2ccccc2)C(OCC2CC2)=N1.